The van der Waals surface area contributed by atoms with Crippen LogP contribution in [-0.2, 0) is 22.6 Å². The third-order valence-electron chi connectivity index (χ3n) is 9.57. The normalized spacial score (nSPS) is 16.8. The van der Waals surface area contributed by atoms with Gasteiger partial charge in [-0.3, -0.25) is 9.78 Å². The average molecular weight is 746 g/mol. The zero-order valence-electron chi connectivity index (χ0n) is 30.0. The highest BCUT2D eigenvalue weighted by molar-refractivity contribution is 7.99. The number of hydrogen-bond donors (Lipinski definition) is 2. The Labute approximate surface area is 324 Å². The second-order valence-corrected chi connectivity index (χ2v) is 14.2. The number of pyridine rings is 1. The molecule has 3 heterocycles. The SMILES string of the molecule is O=C(NCc1ccccc1-c1ccc(C2OC(CSc3nc(-c4ccccc4)c(-c4ccccc4)o3)CC(c3ccc(CO)cc3)O2)cc1)c1cccnc1. The summed E-state index contributed by atoms with van der Waals surface area (Å²) in [6.07, 6.45) is 2.82. The molecule has 0 spiro atoms. The third-order valence-corrected chi connectivity index (χ3v) is 10.5. The molecule has 5 aromatic carbocycles. The summed E-state index contributed by atoms with van der Waals surface area (Å²) in [6.45, 7) is 0.357. The molecule has 1 saturated heterocycles. The molecule has 2 N–H and O–H groups in total. The smallest absolute Gasteiger partial charge is 0.256 e. The van der Waals surface area contributed by atoms with Gasteiger partial charge < -0.3 is 24.3 Å². The van der Waals surface area contributed by atoms with Crippen molar-refractivity contribution in [2.75, 3.05) is 5.75 Å². The minimum absolute atomic E-state index is 0.0186. The zero-order chi connectivity index (χ0) is 37.4. The molecule has 2 aromatic heterocycles. The second kappa shape index (κ2) is 17.1. The van der Waals surface area contributed by atoms with E-state index in [1.807, 2.05) is 115 Å². The molecule has 8 nitrogen and oxygen atoms in total. The molecular weight excluding hydrogens is 707 g/mol. The molecule has 1 fully saturated rings. The van der Waals surface area contributed by atoms with Gasteiger partial charge >= 0.3 is 0 Å². The van der Waals surface area contributed by atoms with Gasteiger partial charge in [-0.2, -0.15) is 0 Å². The largest absolute Gasteiger partial charge is 0.431 e. The minimum Gasteiger partial charge on any atom is -0.431 e. The Hall–Kier alpha value is -5.84. The maximum absolute atomic E-state index is 12.7. The number of oxazole rings is 1. The van der Waals surface area contributed by atoms with E-state index in [0.717, 1.165) is 56.0 Å². The lowest BCUT2D eigenvalue weighted by Crippen LogP contribution is -2.31. The van der Waals surface area contributed by atoms with Crippen LogP contribution in [0.25, 0.3) is 33.7 Å². The molecule has 7 aromatic rings. The van der Waals surface area contributed by atoms with Crippen LogP contribution in [0.3, 0.4) is 0 Å². The lowest BCUT2D eigenvalue weighted by molar-refractivity contribution is -0.245. The number of aromatic nitrogens is 2. The molecule has 0 saturated carbocycles. The van der Waals surface area contributed by atoms with E-state index in [1.54, 1.807) is 24.5 Å². The summed E-state index contributed by atoms with van der Waals surface area (Å²) < 4.78 is 19.7. The van der Waals surface area contributed by atoms with Gasteiger partial charge in [-0.25, -0.2) is 4.98 Å². The van der Waals surface area contributed by atoms with Gasteiger partial charge in [0.15, 0.2) is 12.1 Å². The Bertz CT molecular complexity index is 2260. The van der Waals surface area contributed by atoms with E-state index >= 15 is 0 Å². The fourth-order valence-electron chi connectivity index (χ4n) is 6.68. The number of rotatable bonds is 12. The highest BCUT2D eigenvalue weighted by Crippen LogP contribution is 2.41. The van der Waals surface area contributed by atoms with E-state index < -0.39 is 6.29 Å². The lowest BCUT2D eigenvalue weighted by Gasteiger charge is -2.36. The highest BCUT2D eigenvalue weighted by atomic mass is 32.2. The first-order valence-electron chi connectivity index (χ1n) is 18.2. The Balaban J connectivity index is 1.02. The predicted molar refractivity (Wildman–Crippen MR) is 214 cm³/mol. The molecule has 1 aliphatic heterocycles. The number of ether oxygens (including phenoxy) is 2. The number of carbonyl (C=O) groups excluding carboxylic acids is 1. The van der Waals surface area contributed by atoms with Crippen LogP contribution in [0.2, 0.25) is 0 Å². The van der Waals surface area contributed by atoms with Crippen molar-refractivity contribution in [3.8, 4) is 33.7 Å². The number of carbonyl (C=O) groups is 1. The lowest BCUT2D eigenvalue weighted by atomic mass is 9.97. The van der Waals surface area contributed by atoms with E-state index in [-0.39, 0.29) is 24.7 Å². The summed E-state index contributed by atoms with van der Waals surface area (Å²) in [4.78, 5) is 21.7. The van der Waals surface area contributed by atoms with Gasteiger partial charge in [-0.05, 0) is 39.9 Å². The van der Waals surface area contributed by atoms with Crippen molar-refractivity contribution in [1.29, 1.82) is 0 Å². The number of thioether (sulfide) groups is 1. The van der Waals surface area contributed by atoms with Crippen LogP contribution in [0.5, 0.6) is 0 Å². The Morgan fingerprint density at radius 3 is 2.18 bits per heavy atom. The maximum atomic E-state index is 12.7. The predicted octanol–water partition coefficient (Wildman–Crippen LogP) is 9.83. The van der Waals surface area contributed by atoms with Crippen molar-refractivity contribution in [2.45, 2.75) is 43.3 Å². The molecule has 9 heteroatoms. The van der Waals surface area contributed by atoms with E-state index in [4.69, 9.17) is 18.9 Å². The fraction of sp³-hybridized carbons (Fsp3) is 0.152. The summed E-state index contributed by atoms with van der Waals surface area (Å²) >= 11 is 1.53. The average Bonchev–Trinajstić information content (AvgIpc) is 3.70. The topological polar surface area (TPSA) is 107 Å². The summed E-state index contributed by atoms with van der Waals surface area (Å²) in [5.41, 5.74) is 9.09. The minimum atomic E-state index is -0.616. The molecule has 1 amide bonds. The molecule has 0 aliphatic carbocycles. The first-order valence-corrected chi connectivity index (χ1v) is 19.2. The van der Waals surface area contributed by atoms with Crippen LogP contribution in [0.15, 0.2) is 168 Å². The molecule has 1 aliphatic rings. The third kappa shape index (κ3) is 8.61. The van der Waals surface area contributed by atoms with Gasteiger partial charge in [0.2, 0.25) is 0 Å². The fourth-order valence-corrected chi connectivity index (χ4v) is 7.52. The Morgan fingerprint density at radius 2 is 1.45 bits per heavy atom. The Morgan fingerprint density at radius 1 is 0.745 bits per heavy atom. The van der Waals surface area contributed by atoms with Crippen LogP contribution in [-0.4, -0.2) is 32.8 Å². The van der Waals surface area contributed by atoms with Crippen LogP contribution in [0.4, 0.5) is 0 Å². The molecule has 0 radical (unpaired) electrons. The first kappa shape index (κ1) is 36.2. The number of nitrogens with one attached hydrogen (secondary N) is 1. The highest BCUT2D eigenvalue weighted by Gasteiger charge is 2.33. The van der Waals surface area contributed by atoms with Gasteiger partial charge in [-0.15, -0.1) is 0 Å². The van der Waals surface area contributed by atoms with E-state index in [0.29, 0.717) is 29.5 Å². The number of amides is 1. The van der Waals surface area contributed by atoms with E-state index in [9.17, 15) is 9.90 Å². The van der Waals surface area contributed by atoms with E-state index in [1.165, 1.54) is 11.8 Å². The van der Waals surface area contributed by atoms with Gasteiger partial charge in [0, 0.05) is 47.8 Å². The summed E-state index contributed by atoms with van der Waals surface area (Å²) in [5.74, 6) is 1.17. The van der Waals surface area contributed by atoms with Crippen molar-refractivity contribution in [2.24, 2.45) is 0 Å². The van der Waals surface area contributed by atoms with Gasteiger partial charge in [0.1, 0.15) is 5.69 Å². The first-order chi connectivity index (χ1) is 27.1. The molecule has 0 bridgehead atoms. The quantitative estimate of drug-likeness (QED) is 0.119. The molecule has 3 unspecified atom stereocenters. The monoisotopic (exact) mass is 745 g/mol. The summed E-state index contributed by atoms with van der Waals surface area (Å²) in [5, 5.41) is 13.2. The number of hydrogen-bond acceptors (Lipinski definition) is 8. The van der Waals surface area contributed by atoms with Gasteiger partial charge in [0.05, 0.1) is 24.4 Å². The molecule has 8 rings (SSSR count). The van der Waals surface area contributed by atoms with Crippen molar-refractivity contribution >= 4 is 17.7 Å². The summed E-state index contributed by atoms with van der Waals surface area (Å²) in [6, 6.07) is 47.8. The molecular formula is C46H39N3O5S. The van der Waals surface area contributed by atoms with Crippen LogP contribution in [0.1, 0.15) is 51.4 Å². The second-order valence-electron chi connectivity index (χ2n) is 13.3. The van der Waals surface area contributed by atoms with Gasteiger partial charge in [-0.1, -0.05) is 145 Å². The Kier molecular flexibility index (Phi) is 11.2. The molecule has 55 heavy (non-hydrogen) atoms. The van der Waals surface area contributed by atoms with Crippen molar-refractivity contribution < 1.29 is 23.8 Å². The van der Waals surface area contributed by atoms with Gasteiger partial charge in [0.25, 0.3) is 11.1 Å². The summed E-state index contributed by atoms with van der Waals surface area (Å²) in [7, 11) is 0. The van der Waals surface area contributed by atoms with E-state index in [2.05, 4.69) is 28.5 Å². The number of benzene rings is 5. The standard InChI is InChI=1S/C46H39N3O5S/c50-29-31-17-19-33(20-18-31)41-26-39(30-55-46-49-42(34-10-3-1-4-11-34)43(54-46)35-12-5-2-6-13-35)52-45(53-41)36-23-21-32(22-24-36)40-16-8-7-14-37(40)28-48-44(51)38-15-9-25-47-27-38/h1-25,27,39,41,45,50H,26,28-30H2,(H,48,51). The number of nitrogens with zero attached hydrogens (tertiary/aromatic N) is 2. The maximum Gasteiger partial charge on any atom is 0.256 e. The van der Waals surface area contributed by atoms with Crippen LogP contribution >= 0.6 is 11.8 Å². The van der Waals surface area contributed by atoms with Crippen molar-refractivity contribution in [3.63, 3.8) is 0 Å². The van der Waals surface area contributed by atoms with Crippen LogP contribution < -0.4 is 5.32 Å². The van der Waals surface area contributed by atoms with Crippen molar-refractivity contribution in [3.05, 3.63) is 186 Å². The molecule has 274 valence electrons. The number of aliphatic hydroxyl groups is 1. The van der Waals surface area contributed by atoms with Crippen molar-refractivity contribution in [1.82, 2.24) is 15.3 Å². The molecule has 3 atom stereocenters. The van der Waals surface area contributed by atoms with Crippen LogP contribution in [0, 0.1) is 0 Å². The number of aliphatic hydroxyl groups excluding tert-OH is 1. The zero-order valence-corrected chi connectivity index (χ0v) is 30.8.